The molecule has 1 heterocycles. The summed E-state index contributed by atoms with van der Waals surface area (Å²) in [5.41, 5.74) is 0.320. The quantitative estimate of drug-likeness (QED) is 0.930. The van der Waals surface area contributed by atoms with E-state index in [4.69, 9.17) is 9.84 Å². The maximum absolute atomic E-state index is 11.1. The third-order valence-corrected chi connectivity index (χ3v) is 3.55. The number of rotatable bonds is 3. The average molecular weight is 288 g/mol. The normalized spacial score (nSPS) is 24.9. The van der Waals surface area contributed by atoms with Crippen LogP contribution in [0, 0.1) is 0 Å². The number of aromatic nitrogens is 1. The van der Waals surface area contributed by atoms with Crippen LogP contribution in [0.2, 0.25) is 0 Å². The molecule has 16 heavy (non-hydrogen) atoms. The molecule has 1 aromatic rings. The van der Waals surface area contributed by atoms with E-state index >= 15 is 0 Å². The van der Waals surface area contributed by atoms with Gasteiger partial charge in [0.25, 0.3) is 0 Å². The average Bonchev–Trinajstić information content (AvgIpc) is 2.82. The lowest BCUT2D eigenvalue weighted by Gasteiger charge is -2.21. The maximum Gasteiger partial charge on any atom is 0.352 e. The number of hydrogen-bond acceptors (Lipinski definition) is 2. The molecule has 1 saturated carbocycles. The third kappa shape index (κ3) is 2.01. The van der Waals surface area contributed by atoms with Crippen molar-refractivity contribution in [3.63, 3.8) is 0 Å². The number of ether oxygens (including phenoxy) is 1. The van der Waals surface area contributed by atoms with Gasteiger partial charge in [-0.15, -0.1) is 0 Å². The minimum absolute atomic E-state index is 0.123. The zero-order valence-corrected chi connectivity index (χ0v) is 10.6. The largest absolute Gasteiger partial charge is 0.477 e. The Kier molecular flexibility index (Phi) is 3.35. The summed E-state index contributed by atoms with van der Waals surface area (Å²) in [5.74, 6) is -0.896. The summed E-state index contributed by atoms with van der Waals surface area (Å²) in [6.07, 6.45) is 5.00. The standard InChI is InChI=1S/C11H14BrNO3/c1-16-10-4-2-3-8(10)13-6-7(12)5-9(13)11(14)15/h5-6,8,10H,2-4H2,1H3,(H,14,15). The molecule has 1 N–H and O–H groups in total. The van der Waals surface area contributed by atoms with Crippen LogP contribution in [0.3, 0.4) is 0 Å². The summed E-state index contributed by atoms with van der Waals surface area (Å²) in [6, 6.07) is 1.77. The van der Waals surface area contributed by atoms with Crippen LogP contribution in [0.25, 0.3) is 0 Å². The molecular formula is C11H14BrNO3. The van der Waals surface area contributed by atoms with Gasteiger partial charge >= 0.3 is 5.97 Å². The molecule has 88 valence electrons. The fourth-order valence-corrected chi connectivity index (χ4v) is 2.83. The maximum atomic E-state index is 11.1. The SMILES string of the molecule is COC1CCCC1n1cc(Br)cc1C(=O)O. The van der Waals surface area contributed by atoms with Crippen molar-refractivity contribution >= 4 is 21.9 Å². The Morgan fingerprint density at radius 1 is 1.62 bits per heavy atom. The van der Waals surface area contributed by atoms with Gasteiger partial charge in [-0.3, -0.25) is 0 Å². The Morgan fingerprint density at radius 3 is 3.00 bits per heavy atom. The first-order valence-electron chi connectivity index (χ1n) is 5.27. The lowest BCUT2D eigenvalue weighted by atomic mass is 10.2. The fraction of sp³-hybridized carbons (Fsp3) is 0.545. The van der Waals surface area contributed by atoms with Gasteiger partial charge in [0.15, 0.2) is 0 Å². The molecule has 2 unspecified atom stereocenters. The van der Waals surface area contributed by atoms with Crippen molar-refractivity contribution in [2.45, 2.75) is 31.4 Å². The first-order valence-corrected chi connectivity index (χ1v) is 6.06. The second-order valence-electron chi connectivity index (χ2n) is 4.03. The predicted molar refractivity (Wildman–Crippen MR) is 62.8 cm³/mol. The van der Waals surface area contributed by atoms with Crippen LogP contribution in [-0.4, -0.2) is 28.9 Å². The van der Waals surface area contributed by atoms with E-state index in [-0.39, 0.29) is 12.1 Å². The highest BCUT2D eigenvalue weighted by Crippen LogP contribution is 2.34. The Hall–Kier alpha value is -0.810. The number of carbonyl (C=O) groups is 1. The molecule has 0 radical (unpaired) electrons. The number of methoxy groups -OCH3 is 1. The smallest absolute Gasteiger partial charge is 0.352 e. The molecule has 1 aliphatic rings. The predicted octanol–water partition coefficient (Wildman–Crippen LogP) is 2.69. The van der Waals surface area contributed by atoms with E-state index in [1.165, 1.54) is 0 Å². The second-order valence-corrected chi connectivity index (χ2v) is 4.94. The van der Waals surface area contributed by atoms with E-state index in [1.807, 2.05) is 10.8 Å². The van der Waals surface area contributed by atoms with Gasteiger partial charge < -0.3 is 14.4 Å². The lowest BCUT2D eigenvalue weighted by Crippen LogP contribution is -2.22. The summed E-state index contributed by atoms with van der Waals surface area (Å²) in [6.45, 7) is 0. The van der Waals surface area contributed by atoms with E-state index in [0.717, 1.165) is 23.7 Å². The van der Waals surface area contributed by atoms with Gasteiger partial charge in [-0.1, -0.05) is 0 Å². The lowest BCUT2D eigenvalue weighted by molar-refractivity contribution is 0.0628. The Labute approximate surface area is 102 Å². The van der Waals surface area contributed by atoms with Crippen LogP contribution < -0.4 is 0 Å². The zero-order chi connectivity index (χ0) is 11.7. The number of carboxylic acids is 1. The van der Waals surface area contributed by atoms with Crippen molar-refractivity contribution in [3.05, 3.63) is 22.4 Å². The Bertz CT molecular complexity index is 402. The topological polar surface area (TPSA) is 51.5 Å². The van der Waals surface area contributed by atoms with Gasteiger partial charge in [0.05, 0.1) is 12.1 Å². The van der Waals surface area contributed by atoms with Crippen molar-refractivity contribution in [1.29, 1.82) is 0 Å². The second kappa shape index (κ2) is 4.59. The summed E-state index contributed by atoms with van der Waals surface area (Å²) in [4.78, 5) is 11.1. The van der Waals surface area contributed by atoms with Crippen LogP contribution in [0.15, 0.2) is 16.7 Å². The molecule has 0 spiro atoms. The minimum Gasteiger partial charge on any atom is -0.477 e. The molecular weight excluding hydrogens is 274 g/mol. The van der Waals surface area contributed by atoms with E-state index in [2.05, 4.69) is 15.9 Å². The molecule has 2 rings (SSSR count). The fourth-order valence-electron chi connectivity index (χ4n) is 2.39. The number of hydrogen-bond donors (Lipinski definition) is 1. The van der Waals surface area contributed by atoms with E-state index in [0.29, 0.717) is 5.69 Å². The molecule has 5 heteroatoms. The van der Waals surface area contributed by atoms with E-state index in [1.54, 1.807) is 13.2 Å². The molecule has 1 aromatic heterocycles. The monoisotopic (exact) mass is 287 g/mol. The number of carboxylic acid groups (broad SMARTS) is 1. The molecule has 1 fully saturated rings. The van der Waals surface area contributed by atoms with Crippen LogP contribution >= 0.6 is 15.9 Å². The highest BCUT2D eigenvalue weighted by atomic mass is 79.9. The Balaban J connectivity index is 2.35. The van der Waals surface area contributed by atoms with Crippen LogP contribution in [-0.2, 0) is 4.74 Å². The summed E-state index contributed by atoms with van der Waals surface area (Å²) in [7, 11) is 1.68. The van der Waals surface area contributed by atoms with Crippen molar-refractivity contribution in [2.75, 3.05) is 7.11 Å². The van der Waals surface area contributed by atoms with Crippen LogP contribution in [0.4, 0.5) is 0 Å². The summed E-state index contributed by atoms with van der Waals surface area (Å²) < 4.78 is 8.00. The molecule has 4 nitrogen and oxygen atoms in total. The zero-order valence-electron chi connectivity index (χ0n) is 9.02. The van der Waals surface area contributed by atoms with Crippen molar-refractivity contribution in [2.24, 2.45) is 0 Å². The number of halogens is 1. The first-order chi connectivity index (χ1) is 7.63. The number of nitrogens with zero attached hydrogens (tertiary/aromatic N) is 1. The number of aromatic carboxylic acids is 1. The summed E-state index contributed by atoms with van der Waals surface area (Å²) in [5, 5.41) is 9.12. The molecule has 2 atom stereocenters. The highest BCUT2D eigenvalue weighted by molar-refractivity contribution is 9.10. The molecule has 0 bridgehead atoms. The van der Waals surface area contributed by atoms with Gasteiger partial charge in [0.2, 0.25) is 0 Å². The van der Waals surface area contributed by atoms with Gasteiger partial charge in [0, 0.05) is 17.8 Å². The van der Waals surface area contributed by atoms with Gasteiger partial charge in [-0.25, -0.2) is 4.79 Å². The van der Waals surface area contributed by atoms with E-state index in [9.17, 15) is 4.79 Å². The van der Waals surface area contributed by atoms with Gasteiger partial charge in [0.1, 0.15) is 5.69 Å². The van der Waals surface area contributed by atoms with Crippen LogP contribution in [0.5, 0.6) is 0 Å². The van der Waals surface area contributed by atoms with Crippen molar-refractivity contribution in [3.8, 4) is 0 Å². The van der Waals surface area contributed by atoms with Gasteiger partial charge in [-0.05, 0) is 41.3 Å². The molecule has 0 aliphatic heterocycles. The Morgan fingerprint density at radius 2 is 2.38 bits per heavy atom. The highest BCUT2D eigenvalue weighted by Gasteiger charge is 2.31. The molecule has 0 amide bonds. The van der Waals surface area contributed by atoms with Crippen molar-refractivity contribution < 1.29 is 14.6 Å². The molecule has 1 aliphatic carbocycles. The first kappa shape index (κ1) is 11.7. The minimum atomic E-state index is -0.896. The van der Waals surface area contributed by atoms with E-state index < -0.39 is 5.97 Å². The van der Waals surface area contributed by atoms with Gasteiger partial charge in [-0.2, -0.15) is 0 Å². The summed E-state index contributed by atoms with van der Waals surface area (Å²) >= 11 is 3.32. The molecule has 0 saturated heterocycles. The van der Waals surface area contributed by atoms with Crippen molar-refractivity contribution in [1.82, 2.24) is 4.57 Å². The third-order valence-electron chi connectivity index (χ3n) is 3.11. The van der Waals surface area contributed by atoms with Crippen LogP contribution in [0.1, 0.15) is 35.8 Å². The molecule has 0 aromatic carbocycles.